The molecule has 2 aromatic carbocycles. The zero-order chi connectivity index (χ0) is 19.4. The van der Waals surface area contributed by atoms with Crippen LogP contribution in [0.15, 0.2) is 59.1 Å². The number of halogens is 3. The summed E-state index contributed by atoms with van der Waals surface area (Å²) in [6.45, 7) is 2.03. The third kappa shape index (κ3) is 4.77. The van der Waals surface area contributed by atoms with Gasteiger partial charge in [-0.3, -0.25) is 4.79 Å². The maximum absolute atomic E-state index is 12.5. The summed E-state index contributed by atoms with van der Waals surface area (Å²) in [6.07, 6.45) is -4.69. The molecule has 1 heterocycles. The minimum Gasteiger partial charge on any atom is -0.329 e. The fourth-order valence-electron chi connectivity index (χ4n) is 2.37. The Morgan fingerprint density at radius 3 is 2.37 bits per heavy atom. The minimum atomic E-state index is -4.69. The average Bonchev–Trinajstić information content (AvgIpc) is 3.17. The van der Waals surface area contributed by atoms with E-state index >= 15 is 0 Å². The second kappa shape index (κ2) is 7.96. The van der Waals surface area contributed by atoms with Crippen LogP contribution in [0.1, 0.15) is 34.0 Å². The molecular weight excluding hydrogens is 377 g/mol. The summed E-state index contributed by atoms with van der Waals surface area (Å²) >= 11 is 1.52. The van der Waals surface area contributed by atoms with Crippen LogP contribution >= 0.6 is 11.8 Å². The molecule has 0 N–H and O–H groups in total. The molecule has 140 valence electrons. The quantitative estimate of drug-likeness (QED) is 0.524. The molecule has 1 unspecified atom stereocenters. The number of ketones is 1. The van der Waals surface area contributed by atoms with Crippen LogP contribution in [0.4, 0.5) is 13.2 Å². The Morgan fingerprint density at radius 2 is 1.78 bits per heavy atom. The van der Waals surface area contributed by atoms with Crippen molar-refractivity contribution < 1.29 is 22.5 Å². The third-order valence-corrected chi connectivity index (χ3v) is 5.07. The highest BCUT2D eigenvalue weighted by molar-refractivity contribution is 8.00. The highest BCUT2D eigenvalue weighted by atomic mass is 32.2. The topological polar surface area (TPSA) is 56.0 Å². The number of rotatable bonds is 6. The second-order valence-electron chi connectivity index (χ2n) is 5.79. The molecule has 1 aromatic heterocycles. The van der Waals surface area contributed by atoms with Crippen LogP contribution in [0, 0.1) is 0 Å². The molecule has 4 nitrogen and oxygen atoms in total. The fraction of sp³-hybridized carbons (Fsp3) is 0.211. The molecule has 3 aromatic rings. The van der Waals surface area contributed by atoms with Gasteiger partial charge >= 0.3 is 12.1 Å². The summed E-state index contributed by atoms with van der Waals surface area (Å²) in [6, 6.07) is 16.0. The summed E-state index contributed by atoms with van der Waals surface area (Å²) in [5.74, 6) is -1.33. The number of carbonyl (C=O) groups excluding carboxylic acids is 1. The van der Waals surface area contributed by atoms with E-state index in [1.165, 1.54) is 23.9 Å². The Labute approximate surface area is 157 Å². The van der Waals surface area contributed by atoms with Crippen LogP contribution in [0.2, 0.25) is 0 Å². The zero-order valence-electron chi connectivity index (χ0n) is 14.2. The van der Waals surface area contributed by atoms with Crippen molar-refractivity contribution in [2.45, 2.75) is 18.3 Å². The van der Waals surface area contributed by atoms with E-state index in [1.54, 1.807) is 12.1 Å². The van der Waals surface area contributed by atoms with E-state index in [2.05, 4.69) is 14.7 Å². The Kier molecular flexibility index (Phi) is 5.65. The highest BCUT2D eigenvalue weighted by Crippen LogP contribution is 2.30. The van der Waals surface area contributed by atoms with E-state index in [4.69, 9.17) is 0 Å². The van der Waals surface area contributed by atoms with Gasteiger partial charge < -0.3 is 4.52 Å². The van der Waals surface area contributed by atoms with Crippen molar-refractivity contribution in [2.75, 3.05) is 5.75 Å². The number of benzene rings is 2. The van der Waals surface area contributed by atoms with Gasteiger partial charge in [-0.25, -0.2) is 0 Å². The Hall–Kier alpha value is -2.61. The van der Waals surface area contributed by atoms with Crippen LogP contribution in [0.25, 0.3) is 11.4 Å². The van der Waals surface area contributed by atoms with Crippen molar-refractivity contribution in [3.8, 4) is 11.4 Å². The van der Waals surface area contributed by atoms with Gasteiger partial charge in [0.25, 0.3) is 0 Å². The monoisotopic (exact) mass is 392 g/mol. The van der Waals surface area contributed by atoms with Crippen LogP contribution < -0.4 is 0 Å². The molecule has 0 bridgehead atoms. The molecule has 0 radical (unpaired) electrons. The Balaban J connectivity index is 1.63. The van der Waals surface area contributed by atoms with Crippen molar-refractivity contribution in [1.82, 2.24) is 10.1 Å². The molecule has 0 amide bonds. The molecule has 0 saturated heterocycles. The first kappa shape index (κ1) is 19.2. The molecule has 1 atom stereocenters. The standard InChI is InChI=1S/C19H15F3N2O2S/c1-12(13-5-3-2-4-6-13)27-11-16(25)14-7-9-15(10-8-14)17-23-18(26-24-17)19(20,21)22/h2-10,12H,11H2,1H3. The predicted molar refractivity (Wildman–Crippen MR) is 96.4 cm³/mol. The maximum atomic E-state index is 12.5. The van der Waals surface area contributed by atoms with Gasteiger partial charge in [0.15, 0.2) is 5.78 Å². The van der Waals surface area contributed by atoms with Gasteiger partial charge in [0.05, 0.1) is 5.75 Å². The van der Waals surface area contributed by atoms with Gasteiger partial charge in [0, 0.05) is 16.4 Å². The fourth-order valence-corrected chi connectivity index (χ4v) is 3.28. The smallest absolute Gasteiger partial charge is 0.329 e. The lowest BCUT2D eigenvalue weighted by Crippen LogP contribution is -2.05. The molecule has 0 spiro atoms. The second-order valence-corrected chi connectivity index (χ2v) is 7.11. The summed E-state index contributed by atoms with van der Waals surface area (Å²) in [5.41, 5.74) is 1.96. The van der Waals surface area contributed by atoms with Gasteiger partial charge in [-0.05, 0) is 12.5 Å². The molecule has 8 heteroatoms. The lowest BCUT2D eigenvalue weighted by molar-refractivity contribution is -0.159. The Morgan fingerprint density at radius 1 is 1.11 bits per heavy atom. The van der Waals surface area contributed by atoms with Gasteiger partial charge in [-0.1, -0.05) is 59.8 Å². The minimum absolute atomic E-state index is 0.0570. The van der Waals surface area contributed by atoms with Crippen molar-refractivity contribution in [2.24, 2.45) is 0 Å². The molecule has 3 rings (SSSR count). The van der Waals surface area contributed by atoms with E-state index in [1.807, 2.05) is 37.3 Å². The van der Waals surface area contributed by atoms with Crippen LogP contribution in [0.3, 0.4) is 0 Å². The van der Waals surface area contributed by atoms with Gasteiger partial charge in [-0.15, -0.1) is 11.8 Å². The molecule has 0 saturated carbocycles. The van der Waals surface area contributed by atoms with Crippen molar-refractivity contribution in [1.29, 1.82) is 0 Å². The lowest BCUT2D eigenvalue weighted by atomic mass is 10.1. The van der Waals surface area contributed by atoms with Gasteiger partial charge in [0.2, 0.25) is 5.82 Å². The number of nitrogens with zero attached hydrogens (tertiary/aromatic N) is 2. The SMILES string of the molecule is CC(SCC(=O)c1ccc(-c2noc(C(F)(F)F)n2)cc1)c1ccccc1. The van der Waals surface area contributed by atoms with Crippen LogP contribution in [-0.4, -0.2) is 21.7 Å². The number of thioether (sulfide) groups is 1. The molecular formula is C19H15F3N2O2S. The summed E-state index contributed by atoms with van der Waals surface area (Å²) < 4.78 is 41.8. The number of Topliss-reactive ketones (excluding diaryl/α,β-unsaturated/α-hetero) is 1. The first-order valence-corrected chi connectivity index (χ1v) is 9.10. The molecule has 0 aliphatic carbocycles. The maximum Gasteiger partial charge on any atom is 0.471 e. The first-order valence-electron chi connectivity index (χ1n) is 8.05. The van der Waals surface area contributed by atoms with Gasteiger partial charge in [-0.2, -0.15) is 18.2 Å². The van der Waals surface area contributed by atoms with E-state index < -0.39 is 12.1 Å². The van der Waals surface area contributed by atoms with E-state index in [9.17, 15) is 18.0 Å². The lowest BCUT2D eigenvalue weighted by Gasteiger charge is -2.11. The summed E-state index contributed by atoms with van der Waals surface area (Å²) in [5, 5.41) is 3.50. The number of carbonyl (C=O) groups is 1. The van der Waals surface area contributed by atoms with Crippen molar-refractivity contribution >= 4 is 17.5 Å². The van der Waals surface area contributed by atoms with Crippen molar-refractivity contribution in [3.05, 3.63) is 71.6 Å². The Bertz CT molecular complexity index is 909. The number of hydrogen-bond donors (Lipinski definition) is 0. The number of hydrogen-bond acceptors (Lipinski definition) is 5. The van der Waals surface area contributed by atoms with Gasteiger partial charge in [0.1, 0.15) is 0 Å². The predicted octanol–water partition coefficient (Wildman–Crippen LogP) is 5.43. The van der Waals surface area contributed by atoms with E-state index in [0.29, 0.717) is 16.9 Å². The van der Waals surface area contributed by atoms with Crippen LogP contribution in [0.5, 0.6) is 0 Å². The zero-order valence-corrected chi connectivity index (χ0v) is 15.1. The molecule has 0 aliphatic heterocycles. The van der Waals surface area contributed by atoms with E-state index in [-0.39, 0.29) is 16.9 Å². The molecule has 0 aliphatic rings. The third-order valence-electron chi connectivity index (χ3n) is 3.87. The molecule has 27 heavy (non-hydrogen) atoms. The van der Waals surface area contributed by atoms with Crippen molar-refractivity contribution in [3.63, 3.8) is 0 Å². The van der Waals surface area contributed by atoms with Crippen LogP contribution in [-0.2, 0) is 6.18 Å². The number of aromatic nitrogens is 2. The largest absolute Gasteiger partial charge is 0.471 e. The summed E-state index contributed by atoms with van der Waals surface area (Å²) in [7, 11) is 0. The average molecular weight is 392 g/mol. The normalized spacial score (nSPS) is 12.7. The molecule has 0 fully saturated rings. The highest BCUT2D eigenvalue weighted by Gasteiger charge is 2.38. The number of alkyl halides is 3. The summed E-state index contributed by atoms with van der Waals surface area (Å²) in [4.78, 5) is 15.7. The first-order chi connectivity index (χ1) is 12.8. The van der Waals surface area contributed by atoms with E-state index in [0.717, 1.165) is 5.56 Å².